The van der Waals surface area contributed by atoms with Crippen LogP contribution >= 0.6 is 0 Å². The SMILES string of the molecule is Cn1cc(S(=O)(=O)N2CCC[C@H](C(=O)O)C2)cn1. The van der Waals surface area contributed by atoms with Crippen molar-refractivity contribution in [3.05, 3.63) is 12.4 Å². The lowest BCUT2D eigenvalue weighted by Crippen LogP contribution is -2.42. The third-order valence-electron chi connectivity index (χ3n) is 3.05. The van der Waals surface area contributed by atoms with Crippen molar-refractivity contribution in [2.45, 2.75) is 17.7 Å². The fraction of sp³-hybridized carbons (Fsp3) is 0.600. The van der Waals surface area contributed by atoms with E-state index in [-0.39, 0.29) is 11.4 Å². The molecule has 2 heterocycles. The molecule has 1 saturated heterocycles. The van der Waals surface area contributed by atoms with Crippen molar-refractivity contribution in [3.63, 3.8) is 0 Å². The van der Waals surface area contributed by atoms with Gasteiger partial charge in [0, 0.05) is 26.3 Å². The highest BCUT2D eigenvalue weighted by atomic mass is 32.2. The van der Waals surface area contributed by atoms with Crippen LogP contribution < -0.4 is 0 Å². The number of nitrogens with zero attached hydrogens (tertiary/aromatic N) is 3. The molecule has 0 bridgehead atoms. The molecule has 1 fully saturated rings. The number of hydrogen-bond acceptors (Lipinski definition) is 4. The summed E-state index contributed by atoms with van der Waals surface area (Å²) in [5.41, 5.74) is 0. The van der Waals surface area contributed by atoms with Crippen molar-refractivity contribution in [2.75, 3.05) is 13.1 Å². The number of aromatic nitrogens is 2. The quantitative estimate of drug-likeness (QED) is 0.830. The molecular formula is C10H15N3O4S. The molecule has 0 radical (unpaired) electrons. The van der Waals surface area contributed by atoms with E-state index < -0.39 is 21.9 Å². The number of rotatable bonds is 3. The van der Waals surface area contributed by atoms with Gasteiger partial charge in [-0.05, 0) is 12.8 Å². The number of sulfonamides is 1. The Morgan fingerprint density at radius 1 is 1.56 bits per heavy atom. The topological polar surface area (TPSA) is 92.5 Å². The van der Waals surface area contributed by atoms with Crippen molar-refractivity contribution in [2.24, 2.45) is 13.0 Å². The van der Waals surface area contributed by atoms with Crippen LogP contribution in [0.4, 0.5) is 0 Å². The Bertz CT molecular complexity index is 551. The molecule has 2 rings (SSSR count). The third kappa shape index (κ3) is 2.39. The number of carboxylic acid groups (broad SMARTS) is 1. The molecular weight excluding hydrogens is 258 g/mol. The smallest absolute Gasteiger partial charge is 0.307 e. The zero-order valence-electron chi connectivity index (χ0n) is 9.98. The maximum Gasteiger partial charge on any atom is 0.307 e. The molecule has 0 aliphatic carbocycles. The van der Waals surface area contributed by atoms with E-state index in [9.17, 15) is 13.2 Å². The van der Waals surface area contributed by atoms with Crippen LogP contribution in [0.5, 0.6) is 0 Å². The minimum atomic E-state index is -3.62. The second-order valence-corrected chi connectivity index (χ2v) is 6.33. The summed E-state index contributed by atoms with van der Waals surface area (Å²) in [6, 6.07) is 0. The minimum Gasteiger partial charge on any atom is -0.481 e. The average Bonchev–Trinajstić information content (AvgIpc) is 2.77. The van der Waals surface area contributed by atoms with Gasteiger partial charge < -0.3 is 5.11 Å². The van der Waals surface area contributed by atoms with Crippen LogP contribution in [0.25, 0.3) is 0 Å². The molecule has 0 aromatic carbocycles. The first kappa shape index (κ1) is 13.0. The van der Waals surface area contributed by atoms with Gasteiger partial charge in [0.25, 0.3) is 0 Å². The number of piperidine rings is 1. The minimum absolute atomic E-state index is 0.0343. The molecule has 0 amide bonds. The van der Waals surface area contributed by atoms with Crippen molar-refractivity contribution in [3.8, 4) is 0 Å². The van der Waals surface area contributed by atoms with Gasteiger partial charge in [0.2, 0.25) is 10.0 Å². The van der Waals surface area contributed by atoms with Crippen LogP contribution in [0.2, 0.25) is 0 Å². The summed E-state index contributed by atoms with van der Waals surface area (Å²) in [6.07, 6.45) is 3.78. The van der Waals surface area contributed by atoms with E-state index in [0.29, 0.717) is 19.4 Å². The Balaban J connectivity index is 2.22. The van der Waals surface area contributed by atoms with Gasteiger partial charge in [-0.25, -0.2) is 8.42 Å². The molecule has 1 aromatic heterocycles. The Morgan fingerprint density at radius 3 is 2.83 bits per heavy atom. The van der Waals surface area contributed by atoms with Crippen LogP contribution in [0.3, 0.4) is 0 Å². The average molecular weight is 273 g/mol. The second-order valence-electron chi connectivity index (χ2n) is 4.39. The van der Waals surface area contributed by atoms with Crippen LogP contribution in [0.15, 0.2) is 17.3 Å². The summed E-state index contributed by atoms with van der Waals surface area (Å²) >= 11 is 0. The monoisotopic (exact) mass is 273 g/mol. The summed E-state index contributed by atoms with van der Waals surface area (Å²) in [4.78, 5) is 11.0. The predicted molar refractivity (Wildman–Crippen MR) is 62.3 cm³/mol. The maximum absolute atomic E-state index is 12.2. The van der Waals surface area contributed by atoms with Crippen molar-refractivity contribution in [1.82, 2.24) is 14.1 Å². The Kier molecular flexibility index (Phi) is 3.40. The molecule has 7 nitrogen and oxygen atoms in total. The second kappa shape index (κ2) is 4.69. The van der Waals surface area contributed by atoms with E-state index in [1.165, 1.54) is 21.4 Å². The van der Waals surface area contributed by atoms with E-state index in [1.54, 1.807) is 7.05 Å². The van der Waals surface area contributed by atoms with E-state index in [1.807, 2.05) is 0 Å². The molecule has 0 unspecified atom stereocenters. The van der Waals surface area contributed by atoms with Crippen LogP contribution in [-0.4, -0.2) is 46.7 Å². The lowest BCUT2D eigenvalue weighted by atomic mass is 10.0. The zero-order valence-corrected chi connectivity index (χ0v) is 10.8. The molecule has 100 valence electrons. The molecule has 1 aromatic rings. The summed E-state index contributed by atoms with van der Waals surface area (Å²) in [5, 5.41) is 12.8. The molecule has 1 atom stereocenters. The summed E-state index contributed by atoms with van der Waals surface area (Å²) in [7, 11) is -1.99. The number of aliphatic carboxylic acids is 1. The highest BCUT2D eigenvalue weighted by Crippen LogP contribution is 2.23. The summed E-state index contributed by atoms with van der Waals surface area (Å²) in [6.45, 7) is 0.396. The van der Waals surface area contributed by atoms with Gasteiger partial charge in [-0.2, -0.15) is 9.40 Å². The predicted octanol–water partition coefficient (Wildman–Crippen LogP) is -0.0946. The zero-order chi connectivity index (χ0) is 13.3. The van der Waals surface area contributed by atoms with E-state index in [0.717, 1.165) is 0 Å². The van der Waals surface area contributed by atoms with Gasteiger partial charge in [0.05, 0.1) is 12.1 Å². The standard InChI is InChI=1S/C10H15N3O4S/c1-12-7-9(5-11-12)18(16,17)13-4-2-3-8(6-13)10(14)15/h5,7-8H,2-4,6H2,1H3,(H,14,15)/t8-/m0/s1. The van der Waals surface area contributed by atoms with Crippen LogP contribution in [0, 0.1) is 5.92 Å². The third-order valence-corrected chi connectivity index (χ3v) is 4.87. The van der Waals surface area contributed by atoms with Gasteiger partial charge >= 0.3 is 5.97 Å². The number of carboxylic acids is 1. The molecule has 18 heavy (non-hydrogen) atoms. The molecule has 0 spiro atoms. The fourth-order valence-corrected chi connectivity index (χ4v) is 3.55. The van der Waals surface area contributed by atoms with Gasteiger partial charge in [-0.3, -0.25) is 9.48 Å². The largest absolute Gasteiger partial charge is 0.481 e. The van der Waals surface area contributed by atoms with Gasteiger partial charge in [0.15, 0.2) is 0 Å². The fourth-order valence-electron chi connectivity index (χ4n) is 2.04. The molecule has 1 aliphatic rings. The summed E-state index contributed by atoms with van der Waals surface area (Å²) in [5.74, 6) is -1.56. The Morgan fingerprint density at radius 2 is 2.28 bits per heavy atom. The molecule has 1 aliphatic heterocycles. The molecule has 1 N–H and O–H groups in total. The lowest BCUT2D eigenvalue weighted by molar-refractivity contribution is -0.142. The van der Waals surface area contributed by atoms with Crippen molar-refractivity contribution < 1.29 is 18.3 Å². The first-order valence-corrected chi connectivity index (χ1v) is 7.07. The lowest BCUT2D eigenvalue weighted by Gasteiger charge is -2.29. The first-order chi connectivity index (χ1) is 8.41. The first-order valence-electron chi connectivity index (χ1n) is 5.63. The highest BCUT2D eigenvalue weighted by Gasteiger charge is 2.33. The Hall–Kier alpha value is -1.41. The van der Waals surface area contributed by atoms with Crippen molar-refractivity contribution >= 4 is 16.0 Å². The van der Waals surface area contributed by atoms with Crippen LogP contribution in [0.1, 0.15) is 12.8 Å². The van der Waals surface area contributed by atoms with Crippen molar-refractivity contribution in [1.29, 1.82) is 0 Å². The normalized spacial score (nSPS) is 21.9. The Labute approximate surface area is 105 Å². The number of carbonyl (C=O) groups is 1. The van der Waals surface area contributed by atoms with E-state index >= 15 is 0 Å². The molecule has 0 saturated carbocycles. The number of hydrogen-bond donors (Lipinski definition) is 1. The molecule has 8 heteroatoms. The van der Waals surface area contributed by atoms with Gasteiger partial charge in [-0.15, -0.1) is 0 Å². The van der Waals surface area contributed by atoms with E-state index in [4.69, 9.17) is 5.11 Å². The highest BCUT2D eigenvalue weighted by molar-refractivity contribution is 7.89. The van der Waals surface area contributed by atoms with Gasteiger partial charge in [0.1, 0.15) is 4.90 Å². The number of aryl methyl sites for hydroxylation is 1. The maximum atomic E-state index is 12.2. The van der Waals surface area contributed by atoms with Crippen LogP contribution in [-0.2, 0) is 21.9 Å². The van der Waals surface area contributed by atoms with E-state index in [2.05, 4.69) is 5.10 Å². The van der Waals surface area contributed by atoms with Gasteiger partial charge in [-0.1, -0.05) is 0 Å². The summed E-state index contributed by atoms with van der Waals surface area (Å²) < 4.78 is 27.1.